The van der Waals surface area contributed by atoms with Crippen LogP contribution in [0.15, 0.2) is 54.0 Å². The molecule has 0 unspecified atom stereocenters. The summed E-state index contributed by atoms with van der Waals surface area (Å²) in [6.07, 6.45) is -3.77. The third-order valence-corrected chi connectivity index (χ3v) is 5.03. The number of alkyl halides is 3. The van der Waals surface area contributed by atoms with Crippen LogP contribution in [0.1, 0.15) is 13.8 Å². The van der Waals surface area contributed by atoms with E-state index in [1.807, 2.05) is 24.3 Å². The number of aromatic nitrogens is 2. The van der Waals surface area contributed by atoms with Crippen molar-refractivity contribution in [2.45, 2.75) is 20.0 Å². The van der Waals surface area contributed by atoms with Gasteiger partial charge in [-0.2, -0.15) is 13.2 Å². The Morgan fingerprint density at radius 3 is 2.37 bits per heavy atom. The molecule has 0 saturated heterocycles. The van der Waals surface area contributed by atoms with Crippen LogP contribution in [-0.4, -0.2) is 35.2 Å². The average molecular weight is 436 g/mol. The fourth-order valence-electron chi connectivity index (χ4n) is 2.71. The van der Waals surface area contributed by atoms with Gasteiger partial charge >= 0.3 is 12.1 Å². The number of hydrogen-bond acceptors (Lipinski definition) is 7. The molecule has 2 heterocycles. The van der Waals surface area contributed by atoms with Crippen LogP contribution in [0.25, 0.3) is 11.3 Å². The number of hydrogen-bond donors (Lipinski definition) is 0. The number of carbonyl (C=O) groups is 1. The molecule has 30 heavy (non-hydrogen) atoms. The van der Waals surface area contributed by atoms with Crippen molar-refractivity contribution in [3.05, 3.63) is 54.0 Å². The van der Waals surface area contributed by atoms with E-state index in [-0.39, 0.29) is 10.9 Å². The number of nitrogens with zero attached hydrogens (tertiary/aromatic N) is 4. The predicted molar refractivity (Wildman–Crippen MR) is 110 cm³/mol. The first-order chi connectivity index (χ1) is 14.3. The molecule has 0 radical (unpaired) electrons. The second kappa shape index (κ2) is 9.12. The molecule has 2 aromatic heterocycles. The van der Waals surface area contributed by atoms with Gasteiger partial charge in [-0.3, -0.25) is 0 Å². The number of anilines is 3. The number of rotatable bonds is 7. The average Bonchev–Trinajstić information content (AvgIpc) is 3.23. The highest BCUT2D eigenvalue weighted by Gasteiger charge is 2.43. The van der Waals surface area contributed by atoms with Crippen molar-refractivity contribution in [3.8, 4) is 11.3 Å². The summed E-state index contributed by atoms with van der Waals surface area (Å²) in [6, 6.07) is 12.3. The van der Waals surface area contributed by atoms with Gasteiger partial charge in [-0.1, -0.05) is 18.2 Å². The highest BCUT2D eigenvalue weighted by atomic mass is 32.1. The Morgan fingerprint density at radius 1 is 1.10 bits per heavy atom. The largest absolute Gasteiger partial charge is 0.493 e. The summed E-state index contributed by atoms with van der Waals surface area (Å²) in [5, 5.41) is 2.42. The Morgan fingerprint density at radius 2 is 1.80 bits per heavy atom. The van der Waals surface area contributed by atoms with E-state index < -0.39 is 12.1 Å². The maximum absolute atomic E-state index is 12.7. The molecular formula is C20H19F3N4O2S. The Bertz CT molecular complexity index is 974. The van der Waals surface area contributed by atoms with E-state index in [0.29, 0.717) is 10.8 Å². The summed E-state index contributed by atoms with van der Waals surface area (Å²) in [6.45, 7) is 5.89. The molecule has 6 nitrogen and oxygen atoms in total. The van der Waals surface area contributed by atoms with E-state index in [0.717, 1.165) is 35.7 Å². The highest BCUT2D eigenvalue weighted by Crippen LogP contribution is 2.33. The molecule has 0 bridgehead atoms. The smallest absolute Gasteiger partial charge is 0.372 e. The lowest BCUT2D eigenvalue weighted by atomic mass is 10.1. The van der Waals surface area contributed by atoms with Crippen molar-refractivity contribution in [3.63, 3.8) is 0 Å². The van der Waals surface area contributed by atoms with Crippen LogP contribution in [0.2, 0.25) is 0 Å². The van der Waals surface area contributed by atoms with Gasteiger partial charge in [-0.05, 0) is 38.1 Å². The van der Waals surface area contributed by atoms with Gasteiger partial charge in [0.15, 0.2) is 5.82 Å². The molecule has 3 aromatic rings. The van der Waals surface area contributed by atoms with E-state index >= 15 is 0 Å². The zero-order valence-electron chi connectivity index (χ0n) is 16.3. The van der Waals surface area contributed by atoms with E-state index in [4.69, 9.17) is 0 Å². The lowest BCUT2D eigenvalue weighted by Crippen LogP contribution is -2.32. The standard InChI is InChI=1S/C20H19F3N4O2S/c1-3-26(4-2)15-10-8-14(9-11-15)16-13-30-19(25-16)27(17-7-5-6-12-24-17)29-18(28)20(21,22)23/h5-13H,3-4H2,1-2H3. The molecule has 0 N–H and O–H groups in total. The summed E-state index contributed by atoms with van der Waals surface area (Å²) >= 11 is 1.04. The Labute approximate surface area is 175 Å². The summed E-state index contributed by atoms with van der Waals surface area (Å²) in [4.78, 5) is 26.5. The SMILES string of the molecule is CCN(CC)c1ccc(-c2csc(N(OC(=O)C(F)(F)F)c3ccccn3)n2)cc1. The summed E-state index contributed by atoms with van der Waals surface area (Å²) < 4.78 is 38.2. The quantitative estimate of drug-likeness (QED) is 0.474. The molecule has 10 heteroatoms. The maximum Gasteiger partial charge on any atom is 0.493 e. The highest BCUT2D eigenvalue weighted by molar-refractivity contribution is 7.14. The van der Waals surface area contributed by atoms with Crippen LogP contribution >= 0.6 is 11.3 Å². The van der Waals surface area contributed by atoms with E-state index in [1.165, 1.54) is 12.3 Å². The minimum atomic E-state index is -5.15. The minimum absolute atomic E-state index is 0.00730. The number of halogens is 3. The summed E-state index contributed by atoms with van der Waals surface area (Å²) in [7, 11) is 0. The van der Waals surface area contributed by atoms with Crippen molar-refractivity contribution in [1.82, 2.24) is 9.97 Å². The summed E-state index contributed by atoms with van der Waals surface area (Å²) in [5.41, 5.74) is 2.40. The molecule has 0 atom stereocenters. The molecular weight excluding hydrogens is 417 g/mol. The van der Waals surface area contributed by atoms with Crippen molar-refractivity contribution in [1.29, 1.82) is 0 Å². The topological polar surface area (TPSA) is 58.6 Å². The third-order valence-electron chi connectivity index (χ3n) is 4.22. The number of thiazole rings is 1. The van der Waals surface area contributed by atoms with Gasteiger partial charge in [-0.15, -0.1) is 16.4 Å². The first kappa shape index (κ1) is 21.6. The van der Waals surface area contributed by atoms with Crippen molar-refractivity contribution >= 4 is 33.9 Å². The van der Waals surface area contributed by atoms with Gasteiger partial charge in [-0.25, -0.2) is 14.8 Å². The summed E-state index contributed by atoms with van der Waals surface area (Å²) in [5.74, 6) is -2.35. The molecule has 0 aliphatic carbocycles. The Balaban J connectivity index is 1.89. The number of carbonyl (C=O) groups excluding carboxylic acids is 1. The Kier molecular flexibility index (Phi) is 6.56. The van der Waals surface area contributed by atoms with Gasteiger partial charge < -0.3 is 9.74 Å². The monoisotopic (exact) mass is 436 g/mol. The molecule has 158 valence electrons. The van der Waals surface area contributed by atoms with Gasteiger partial charge in [0.2, 0.25) is 5.13 Å². The maximum atomic E-state index is 12.7. The van der Waals surface area contributed by atoms with E-state index in [2.05, 4.69) is 33.6 Å². The molecule has 0 saturated carbocycles. The number of pyridine rings is 1. The van der Waals surface area contributed by atoms with Crippen LogP contribution in [0, 0.1) is 0 Å². The fourth-order valence-corrected chi connectivity index (χ4v) is 3.50. The minimum Gasteiger partial charge on any atom is -0.372 e. The van der Waals surface area contributed by atoms with Gasteiger partial charge in [0.05, 0.1) is 5.69 Å². The van der Waals surface area contributed by atoms with Crippen LogP contribution < -0.4 is 9.96 Å². The third kappa shape index (κ3) is 4.88. The molecule has 0 amide bonds. The van der Waals surface area contributed by atoms with Crippen molar-refractivity contribution in [2.24, 2.45) is 0 Å². The predicted octanol–water partition coefficient (Wildman–Crippen LogP) is 5.21. The lowest BCUT2D eigenvalue weighted by molar-refractivity contribution is -0.199. The van der Waals surface area contributed by atoms with Crippen molar-refractivity contribution in [2.75, 3.05) is 23.1 Å². The first-order valence-corrected chi connectivity index (χ1v) is 10.0. The van der Waals surface area contributed by atoms with Gasteiger partial charge in [0, 0.05) is 35.9 Å². The molecule has 3 rings (SSSR count). The van der Waals surface area contributed by atoms with Crippen LogP contribution in [0.4, 0.5) is 29.8 Å². The van der Waals surface area contributed by atoms with Crippen molar-refractivity contribution < 1.29 is 22.8 Å². The fraction of sp³-hybridized carbons (Fsp3) is 0.250. The van der Waals surface area contributed by atoms with E-state index in [1.54, 1.807) is 17.5 Å². The molecule has 0 fully saturated rings. The zero-order valence-corrected chi connectivity index (χ0v) is 17.1. The van der Waals surface area contributed by atoms with Crippen LogP contribution in [0.3, 0.4) is 0 Å². The molecule has 0 spiro atoms. The van der Waals surface area contributed by atoms with Crippen LogP contribution in [0.5, 0.6) is 0 Å². The molecule has 0 aliphatic rings. The lowest BCUT2D eigenvalue weighted by Gasteiger charge is -2.21. The van der Waals surface area contributed by atoms with E-state index in [9.17, 15) is 18.0 Å². The second-order valence-corrected chi connectivity index (χ2v) is 6.93. The zero-order chi connectivity index (χ0) is 21.7. The Hall–Kier alpha value is -3.14. The molecule has 0 aliphatic heterocycles. The normalized spacial score (nSPS) is 11.2. The van der Waals surface area contributed by atoms with Crippen LogP contribution in [-0.2, 0) is 9.63 Å². The van der Waals surface area contributed by atoms with Gasteiger partial charge in [0.1, 0.15) is 0 Å². The molecule has 1 aromatic carbocycles. The van der Waals surface area contributed by atoms with Gasteiger partial charge in [0.25, 0.3) is 0 Å². The first-order valence-electron chi connectivity index (χ1n) is 9.14. The second-order valence-electron chi connectivity index (χ2n) is 6.09. The number of benzene rings is 1.